The number of nitrogens with zero attached hydrogens (tertiary/aromatic N) is 3. The largest absolute Gasteiger partial charge is 0.548 e. The van der Waals surface area contributed by atoms with Crippen molar-refractivity contribution in [1.82, 2.24) is 9.97 Å². The number of thiazole rings is 1. The van der Waals surface area contributed by atoms with Gasteiger partial charge < -0.3 is 19.6 Å². The molecule has 0 radical (unpaired) electrons. The van der Waals surface area contributed by atoms with Crippen molar-refractivity contribution in [2.24, 2.45) is 0 Å². The lowest BCUT2D eigenvalue weighted by Crippen LogP contribution is -2.50. The number of rotatable bonds is 5. The molecule has 0 saturated carbocycles. The van der Waals surface area contributed by atoms with Gasteiger partial charge in [0.15, 0.2) is 5.38 Å². The third-order valence-electron chi connectivity index (χ3n) is 5.33. The van der Waals surface area contributed by atoms with E-state index in [0.29, 0.717) is 32.7 Å². The zero-order valence-electron chi connectivity index (χ0n) is 20.1. The number of aromatic nitrogens is 3. The number of aliphatic hydroxyl groups is 1. The Hall–Kier alpha value is -3.69. The number of esters is 1. The van der Waals surface area contributed by atoms with Gasteiger partial charge in [-0.15, -0.1) is 16.3 Å². The summed E-state index contributed by atoms with van der Waals surface area (Å²) in [5.41, 5.74) is 1.50. The van der Waals surface area contributed by atoms with Crippen molar-refractivity contribution < 1.29 is 28.7 Å². The molecule has 0 aliphatic heterocycles. The van der Waals surface area contributed by atoms with Gasteiger partial charge in [0.05, 0.1) is 7.11 Å². The first-order chi connectivity index (χ1) is 16.6. The molecule has 9 heteroatoms. The van der Waals surface area contributed by atoms with Gasteiger partial charge >= 0.3 is 11.1 Å². The van der Waals surface area contributed by atoms with Crippen LogP contribution in [0.2, 0.25) is 0 Å². The van der Waals surface area contributed by atoms with E-state index in [1.54, 1.807) is 57.6 Å². The molecule has 0 spiro atoms. The van der Waals surface area contributed by atoms with Crippen molar-refractivity contribution >= 4 is 34.3 Å². The minimum absolute atomic E-state index is 0.193. The Morgan fingerprint density at radius 1 is 1.20 bits per heavy atom. The minimum Gasteiger partial charge on any atom is -0.470 e. The van der Waals surface area contributed by atoms with Gasteiger partial charge in [-0.1, -0.05) is 31.2 Å². The first kappa shape index (κ1) is 24.4. The number of benzene rings is 1. The predicted octanol–water partition coefficient (Wildman–Crippen LogP) is 4.73. The highest BCUT2D eigenvalue weighted by Gasteiger charge is 2.35. The van der Waals surface area contributed by atoms with Gasteiger partial charge in [-0.05, 0) is 33.1 Å². The molecule has 4 aromatic rings. The van der Waals surface area contributed by atoms with Crippen LogP contribution in [-0.2, 0) is 14.3 Å². The SMILES string of the molecule is COC(=O)C(C)[c-]1nc2ccccc2c1[C-](O)c1c[s+][c-](-c2cccnc2)[n+]1C(=O)OC(C)(C)C. The molecule has 3 aromatic heterocycles. The van der Waals surface area contributed by atoms with Gasteiger partial charge in [-0.25, -0.2) is 15.7 Å². The highest BCUT2D eigenvalue weighted by Crippen LogP contribution is 2.36. The lowest BCUT2D eigenvalue weighted by atomic mass is 9.96. The van der Waals surface area contributed by atoms with Crippen LogP contribution in [-0.4, -0.2) is 39.8 Å². The fraction of sp³-hybridized carbons (Fsp3) is 0.269. The Balaban J connectivity index is 1.92. The van der Waals surface area contributed by atoms with E-state index in [0.717, 1.165) is 0 Å². The van der Waals surface area contributed by atoms with Gasteiger partial charge in [0.1, 0.15) is 11.3 Å². The van der Waals surface area contributed by atoms with Crippen molar-refractivity contribution in [1.29, 1.82) is 0 Å². The Kier molecular flexibility index (Phi) is 6.64. The average molecular weight is 493 g/mol. The molecule has 8 nitrogen and oxygen atoms in total. The van der Waals surface area contributed by atoms with Crippen LogP contribution >= 0.6 is 11.3 Å². The first-order valence-corrected chi connectivity index (χ1v) is 11.9. The number of fused-ring (bicyclic) bond motifs is 1. The Labute approximate surface area is 207 Å². The Morgan fingerprint density at radius 3 is 2.60 bits per heavy atom. The normalized spacial score (nSPS) is 12.4. The predicted molar refractivity (Wildman–Crippen MR) is 131 cm³/mol. The highest BCUT2D eigenvalue weighted by molar-refractivity contribution is 7.12. The van der Waals surface area contributed by atoms with Crippen LogP contribution in [0.1, 0.15) is 50.6 Å². The number of carbonyl (C=O) groups excluding carboxylic acids is 2. The highest BCUT2D eigenvalue weighted by atomic mass is 32.1. The zero-order chi connectivity index (χ0) is 25.3. The van der Waals surface area contributed by atoms with Gasteiger partial charge in [-0.2, -0.15) is 11.6 Å². The van der Waals surface area contributed by atoms with E-state index < -0.39 is 23.6 Å². The minimum atomic E-state index is -0.760. The molecule has 1 N–H and O–H groups in total. The maximum atomic E-state index is 13.4. The average Bonchev–Trinajstić information content (AvgIpc) is 3.44. The number of methoxy groups -OCH3 is 1. The van der Waals surface area contributed by atoms with E-state index in [-0.39, 0.29) is 11.8 Å². The van der Waals surface area contributed by atoms with E-state index >= 15 is 0 Å². The molecular weight excluding hydrogens is 466 g/mol. The molecule has 0 bridgehead atoms. The van der Waals surface area contributed by atoms with E-state index in [1.165, 1.54) is 23.0 Å². The topological polar surface area (TPSA) is 102 Å². The fourth-order valence-corrected chi connectivity index (χ4v) is 4.72. The summed E-state index contributed by atoms with van der Waals surface area (Å²) in [7, 11) is 1.31. The number of pyridine rings is 1. The number of hydrogen-bond donors (Lipinski definition) is 1. The molecule has 3 heterocycles. The number of para-hydroxylation sites is 1. The second-order valence-corrected chi connectivity index (χ2v) is 9.82. The molecule has 0 saturated heterocycles. The van der Waals surface area contributed by atoms with Crippen molar-refractivity contribution in [3.63, 3.8) is 0 Å². The number of aliphatic hydroxyl groups excluding tert-OH is 1. The summed E-state index contributed by atoms with van der Waals surface area (Å²) < 4.78 is 11.9. The Bertz CT molecular complexity index is 1370. The second kappa shape index (κ2) is 9.52. The molecule has 182 valence electrons. The number of carbonyl (C=O) groups is 2. The molecule has 0 amide bonds. The van der Waals surface area contributed by atoms with E-state index in [9.17, 15) is 14.7 Å². The summed E-state index contributed by atoms with van der Waals surface area (Å²) in [4.78, 5) is 34.5. The molecule has 1 atom stereocenters. The summed E-state index contributed by atoms with van der Waals surface area (Å²) in [5, 5.41) is 14.5. The smallest absolute Gasteiger partial charge is 0.470 e. The van der Waals surface area contributed by atoms with E-state index in [4.69, 9.17) is 9.47 Å². The molecule has 4 rings (SSSR count). The summed E-state index contributed by atoms with van der Waals surface area (Å²) in [5.74, 6) is -1.22. The number of hydrogen-bond acceptors (Lipinski definition) is 7. The van der Waals surface area contributed by atoms with Crippen molar-refractivity contribution in [2.75, 3.05) is 7.11 Å². The van der Waals surface area contributed by atoms with E-state index in [2.05, 4.69) is 9.97 Å². The van der Waals surface area contributed by atoms with Crippen LogP contribution in [0.3, 0.4) is 0 Å². The van der Waals surface area contributed by atoms with E-state index in [1.807, 2.05) is 24.3 Å². The van der Waals surface area contributed by atoms with Gasteiger partial charge in [0.2, 0.25) is 11.3 Å². The van der Waals surface area contributed by atoms with Crippen LogP contribution in [0.4, 0.5) is 4.79 Å². The zero-order valence-corrected chi connectivity index (χ0v) is 20.9. The second-order valence-electron chi connectivity index (χ2n) is 8.97. The summed E-state index contributed by atoms with van der Waals surface area (Å²) >= 11 is 1.27. The third-order valence-corrected chi connectivity index (χ3v) is 6.31. The van der Waals surface area contributed by atoms with Crippen LogP contribution in [0.25, 0.3) is 21.5 Å². The number of ether oxygens (including phenoxy) is 2. The molecule has 1 aromatic carbocycles. The Morgan fingerprint density at radius 2 is 1.94 bits per heavy atom. The van der Waals surface area contributed by atoms with Crippen molar-refractivity contribution in [3.8, 4) is 10.6 Å². The maximum Gasteiger partial charge on any atom is 0.548 e. The van der Waals surface area contributed by atoms with Crippen LogP contribution < -0.4 is 4.57 Å². The molecular formula is C26H26N3O5S-. The monoisotopic (exact) mass is 492 g/mol. The summed E-state index contributed by atoms with van der Waals surface area (Å²) in [6, 6.07) is 10.9. The standard InChI is InChI=1S/C26H26N3O5S/c1-15(24(31)33-5)21-20(17-10-6-7-11-18(17)28-21)22(30)19-14-35-23(16-9-8-12-27-13-16)29(19)25(32)34-26(2,3)4/h6-15,30H,1-5H3/q-1. The first-order valence-electron chi connectivity index (χ1n) is 11.0. The maximum absolute atomic E-state index is 13.4. The molecule has 0 aliphatic rings. The van der Waals surface area contributed by atoms with Crippen molar-refractivity contribution in [2.45, 2.75) is 39.2 Å². The lowest BCUT2D eigenvalue weighted by Gasteiger charge is -2.28. The quantitative estimate of drug-likeness (QED) is 0.186. The van der Waals surface area contributed by atoms with Crippen molar-refractivity contribution in [3.05, 3.63) is 77.2 Å². The molecule has 1 unspecified atom stereocenters. The fourth-order valence-electron chi connectivity index (χ4n) is 3.75. The molecule has 0 fully saturated rings. The summed E-state index contributed by atoms with van der Waals surface area (Å²) in [6.45, 7) is 6.99. The van der Waals surface area contributed by atoms with Crippen LogP contribution in [0.15, 0.2) is 54.2 Å². The van der Waals surface area contributed by atoms with Gasteiger partial charge in [0, 0.05) is 17.7 Å². The summed E-state index contributed by atoms with van der Waals surface area (Å²) in [6.07, 6.45) is 2.44. The van der Waals surface area contributed by atoms with Gasteiger partial charge in [0.25, 0.3) is 5.97 Å². The molecule has 35 heavy (non-hydrogen) atoms. The molecule has 0 aliphatic carbocycles. The van der Waals surface area contributed by atoms with Gasteiger partial charge in [-0.3, -0.25) is 9.78 Å². The van der Waals surface area contributed by atoms with Crippen LogP contribution in [0.5, 0.6) is 0 Å². The lowest BCUT2D eigenvalue weighted by molar-refractivity contribution is -0.580. The third kappa shape index (κ3) is 4.78. The van der Waals surface area contributed by atoms with Crippen LogP contribution in [0, 0.1) is 6.10 Å².